The molecule has 1 N–H and O–H groups in total. The van der Waals surface area contributed by atoms with E-state index in [9.17, 15) is 8.78 Å². The second-order valence-corrected chi connectivity index (χ2v) is 5.37. The molecule has 0 fully saturated rings. The van der Waals surface area contributed by atoms with Crippen molar-refractivity contribution in [1.82, 2.24) is 4.98 Å². The zero-order valence-electron chi connectivity index (χ0n) is 11.6. The highest BCUT2D eigenvalue weighted by Gasteiger charge is 2.14. The largest absolute Gasteiger partial charge is 0.434 e. The summed E-state index contributed by atoms with van der Waals surface area (Å²) in [6, 6.07) is 8.49. The van der Waals surface area contributed by atoms with E-state index in [4.69, 9.17) is 0 Å². The SMILES string of the molecule is Cc1cc(NC(C)c2ccccc2OC(F)F)cnc1Br. The van der Waals surface area contributed by atoms with Gasteiger partial charge in [0.25, 0.3) is 0 Å². The van der Waals surface area contributed by atoms with E-state index in [1.54, 1.807) is 24.4 Å². The highest BCUT2D eigenvalue weighted by Crippen LogP contribution is 2.29. The van der Waals surface area contributed by atoms with Crippen LogP contribution in [0.25, 0.3) is 0 Å². The van der Waals surface area contributed by atoms with Gasteiger partial charge in [0.2, 0.25) is 0 Å². The molecule has 1 aromatic carbocycles. The average Bonchev–Trinajstić information content (AvgIpc) is 2.43. The predicted molar refractivity (Wildman–Crippen MR) is 81.8 cm³/mol. The number of nitrogens with zero attached hydrogens (tertiary/aromatic N) is 1. The van der Waals surface area contributed by atoms with Crippen molar-refractivity contribution < 1.29 is 13.5 Å². The molecule has 1 atom stereocenters. The molecular formula is C15H15BrF2N2O. The van der Waals surface area contributed by atoms with E-state index in [-0.39, 0.29) is 11.8 Å². The number of rotatable bonds is 5. The zero-order valence-corrected chi connectivity index (χ0v) is 13.2. The molecular weight excluding hydrogens is 342 g/mol. The van der Waals surface area contributed by atoms with Crippen LogP contribution in [-0.4, -0.2) is 11.6 Å². The van der Waals surface area contributed by atoms with Crippen molar-refractivity contribution in [1.29, 1.82) is 0 Å². The third-order valence-electron chi connectivity index (χ3n) is 3.00. The van der Waals surface area contributed by atoms with Crippen LogP contribution in [0, 0.1) is 6.92 Å². The Morgan fingerprint density at radius 1 is 1.29 bits per heavy atom. The smallest absolute Gasteiger partial charge is 0.387 e. The van der Waals surface area contributed by atoms with Gasteiger partial charge in [-0.25, -0.2) is 4.98 Å². The Labute approximate surface area is 130 Å². The van der Waals surface area contributed by atoms with Crippen molar-refractivity contribution >= 4 is 21.6 Å². The normalized spacial score (nSPS) is 12.3. The Morgan fingerprint density at radius 2 is 2.00 bits per heavy atom. The molecule has 21 heavy (non-hydrogen) atoms. The number of aryl methyl sites for hydroxylation is 1. The maximum Gasteiger partial charge on any atom is 0.387 e. The Morgan fingerprint density at radius 3 is 2.67 bits per heavy atom. The van der Waals surface area contributed by atoms with Gasteiger partial charge in [0.15, 0.2) is 0 Å². The summed E-state index contributed by atoms with van der Waals surface area (Å²) < 4.78 is 30.2. The van der Waals surface area contributed by atoms with E-state index in [0.717, 1.165) is 15.9 Å². The van der Waals surface area contributed by atoms with Gasteiger partial charge in [-0.3, -0.25) is 0 Å². The summed E-state index contributed by atoms with van der Waals surface area (Å²) in [5.74, 6) is 0.175. The minimum atomic E-state index is -2.84. The number of benzene rings is 1. The molecule has 0 bridgehead atoms. The molecule has 0 spiro atoms. The Hall–Kier alpha value is -1.69. The minimum Gasteiger partial charge on any atom is -0.434 e. The Balaban J connectivity index is 2.19. The van der Waals surface area contributed by atoms with Crippen LogP contribution < -0.4 is 10.1 Å². The van der Waals surface area contributed by atoms with Gasteiger partial charge in [-0.05, 0) is 47.5 Å². The van der Waals surface area contributed by atoms with Crippen LogP contribution in [0.4, 0.5) is 14.5 Å². The number of anilines is 1. The van der Waals surface area contributed by atoms with Crippen LogP contribution in [0.1, 0.15) is 24.1 Å². The summed E-state index contributed by atoms with van der Waals surface area (Å²) in [6.45, 7) is 0.973. The second-order valence-electron chi connectivity index (χ2n) is 4.61. The van der Waals surface area contributed by atoms with E-state index in [1.165, 1.54) is 6.07 Å². The van der Waals surface area contributed by atoms with Crippen molar-refractivity contribution in [2.75, 3.05) is 5.32 Å². The predicted octanol–water partition coefficient (Wildman–Crippen LogP) is 4.93. The van der Waals surface area contributed by atoms with E-state index < -0.39 is 6.61 Å². The number of ether oxygens (including phenoxy) is 1. The Bertz CT molecular complexity index is 622. The van der Waals surface area contributed by atoms with Crippen molar-refractivity contribution in [3.05, 3.63) is 52.3 Å². The molecule has 0 saturated heterocycles. The summed E-state index contributed by atoms with van der Waals surface area (Å²) in [7, 11) is 0. The number of nitrogens with one attached hydrogen (secondary N) is 1. The minimum absolute atomic E-state index is 0.175. The molecule has 2 rings (SSSR count). The van der Waals surface area contributed by atoms with Crippen LogP contribution in [-0.2, 0) is 0 Å². The first kappa shape index (κ1) is 15.7. The maximum absolute atomic E-state index is 12.4. The highest BCUT2D eigenvalue weighted by molar-refractivity contribution is 9.10. The summed E-state index contributed by atoms with van der Waals surface area (Å²) in [6.07, 6.45) is 1.68. The lowest BCUT2D eigenvalue weighted by Gasteiger charge is -2.19. The van der Waals surface area contributed by atoms with Crippen molar-refractivity contribution in [2.24, 2.45) is 0 Å². The fourth-order valence-electron chi connectivity index (χ4n) is 2.01. The molecule has 0 radical (unpaired) electrons. The monoisotopic (exact) mass is 356 g/mol. The molecule has 1 heterocycles. The number of hydrogen-bond donors (Lipinski definition) is 1. The summed E-state index contributed by atoms with van der Waals surface area (Å²) >= 11 is 3.34. The highest BCUT2D eigenvalue weighted by atomic mass is 79.9. The molecule has 112 valence electrons. The Kier molecular flexibility index (Phi) is 5.12. The van der Waals surface area contributed by atoms with Gasteiger partial charge < -0.3 is 10.1 Å². The molecule has 0 aliphatic carbocycles. The molecule has 0 aliphatic rings. The topological polar surface area (TPSA) is 34.1 Å². The molecule has 0 aliphatic heterocycles. The maximum atomic E-state index is 12.4. The van der Waals surface area contributed by atoms with E-state index >= 15 is 0 Å². The van der Waals surface area contributed by atoms with Crippen LogP contribution in [0.2, 0.25) is 0 Å². The first-order chi connectivity index (χ1) is 9.97. The quantitative estimate of drug-likeness (QED) is 0.771. The third-order valence-corrected chi connectivity index (χ3v) is 3.83. The van der Waals surface area contributed by atoms with Crippen LogP contribution >= 0.6 is 15.9 Å². The standard InChI is InChI=1S/C15H15BrF2N2O/c1-9-7-11(8-19-14(9)16)20-10(2)12-5-3-4-6-13(12)21-15(17)18/h3-8,10,15,20H,1-2H3. The first-order valence-corrected chi connectivity index (χ1v) is 7.19. The third kappa shape index (κ3) is 4.14. The fourth-order valence-corrected chi connectivity index (χ4v) is 2.22. The van der Waals surface area contributed by atoms with Gasteiger partial charge in [0.1, 0.15) is 10.4 Å². The molecule has 0 saturated carbocycles. The van der Waals surface area contributed by atoms with Gasteiger partial charge in [0, 0.05) is 5.56 Å². The molecule has 6 heteroatoms. The molecule has 1 unspecified atom stereocenters. The van der Waals surface area contributed by atoms with Gasteiger partial charge in [-0.15, -0.1) is 0 Å². The fraction of sp³-hybridized carbons (Fsp3) is 0.267. The summed E-state index contributed by atoms with van der Waals surface area (Å²) in [5.41, 5.74) is 2.47. The van der Waals surface area contributed by atoms with E-state index in [2.05, 4.69) is 31.0 Å². The van der Waals surface area contributed by atoms with Gasteiger partial charge in [-0.1, -0.05) is 18.2 Å². The average molecular weight is 357 g/mol. The van der Waals surface area contributed by atoms with Crippen LogP contribution in [0.15, 0.2) is 41.1 Å². The number of para-hydroxylation sites is 1. The van der Waals surface area contributed by atoms with Crippen molar-refractivity contribution in [3.63, 3.8) is 0 Å². The van der Waals surface area contributed by atoms with Crippen molar-refractivity contribution in [2.45, 2.75) is 26.5 Å². The zero-order chi connectivity index (χ0) is 15.4. The van der Waals surface area contributed by atoms with Crippen molar-refractivity contribution in [3.8, 4) is 5.75 Å². The number of hydrogen-bond acceptors (Lipinski definition) is 3. The van der Waals surface area contributed by atoms with Crippen LogP contribution in [0.5, 0.6) is 5.75 Å². The number of aromatic nitrogens is 1. The van der Waals surface area contributed by atoms with E-state index in [1.807, 2.05) is 19.9 Å². The lowest BCUT2D eigenvalue weighted by atomic mass is 10.1. The molecule has 3 nitrogen and oxygen atoms in total. The second kappa shape index (κ2) is 6.85. The number of halogens is 3. The number of alkyl halides is 2. The van der Waals surface area contributed by atoms with Gasteiger partial charge in [0.05, 0.1) is 17.9 Å². The molecule has 0 amide bonds. The lowest BCUT2D eigenvalue weighted by Crippen LogP contribution is -2.11. The summed E-state index contributed by atoms with van der Waals surface area (Å²) in [5, 5.41) is 3.23. The van der Waals surface area contributed by atoms with Gasteiger partial charge >= 0.3 is 6.61 Å². The molecule has 1 aromatic heterocycles. The lowest BCUT2D eigenvalue weighted by molar-refractivity contribution is -0.0505. The number of pyridine rings is 1. The first-order valence-electron chi connectivity index (χ1n) is 6.40. The molecule has 2 aromatic rings. The van der Waals surface area contributed by atoms with E-state index in [0.29, 0.717) is 5.56 Å². The summed E-state index contributed by atoms with van der Waals surface area (Å²) in [4.78, 5) is 4.20. The van der Waals surface area contributed by atoms with Gasteiger partial charge in [-0.2, -0.15) is 8.78 Å². The van der Waals surface area contributed by atoms with Crippen LogP contribution in [0.3, 0.4) is 0 Å².